The number of hydrogen-bond acceptors (Lipinski definition) is 4. The van der Waals surface area contributed by atoms with Gasteiger partial charge < -0.3 is 5.43 Å². The number of hydrazine groups is 1. The standard InChI is InChI=1S/C15H12BrFN4/c16-10-5-3-7-12-14(10)15(19-8-13(20-12)21-18)9-4-1-2-6-11(9)17/h1-7H,8,18H2,(H,20,21). The van der Waals surface area contributed by atoms with Crippen molar-refractivity contribution in [3.05, 3.63) is 63.9 Å². The third kappa shape index (κ3) is 2.59. The van der Waals surface area contributed by atoms with Gasteiger partial charge in [0.05, 0.1) is 17.9 Å². The summed E-state index contributed by atoms with van der Waals surface area (Å²) in [6.45, 7) is 0.265. The molecule has 1 heterocycles. The van der Waals surface area contributed by atoms with Crippen LogP contribution in [0.5, 0.6) is 0 Å². The summed E-state index contributed by atoms with van der Waals surface area (Å²) in [6.07, 6.45) is 0. The van der Waals surface area contributed by atoms with Crippen molar-refractivity contribution in [2.45, 2.75) is 0 Å². The predicted octanol–water partition coefficient (Wildman–Crippen LogP) is 2.93. The quantitative estimate of drug-likeness (QED) is 0.616. The maximum absolute atomic E-state index is 14.1. The van der Waals surface area contributed by atoms with Crippen LogP contribution in [0.1, 0.15) is 11.1 Å². The van der Waals surface area contributed by atoms with Crippen molar-refractivity contribution in [2.75, 3.05) is 6.54 Å². The van der Waals surface area contributed by atoms with E-state index >= 15 is 0 Å². The number of benzene rings is 2. The van der Waals surface area contributed by atoms with Gasteiger partial charge in [-0.3, -0.25) is 4.99 Å². The first-order valence-corrected chi connectivity index (χ1v) is 7.12. The zero-order valence-corrected chi connectivity index (χ0v) is 12.6. The van der Waals surface area contributed by atoms with Crippen molar-refractivity contribution in [3.8, 4) is 0 Å². The minimum Gasteiger partial charge on any atom is -0.310 e. The molecule has 106 valence electrons. The molecule has 0 bridgehead atoms. The van der Waals surface area contributed by atoms with Gasteiger partial charge in [0, 0.05) is 15.6 Å². The van der Waals surface area contributed by atoms with Crippen molar-refractivity contribution in [1.82, 2.24) is 5.43 Å². The Morgan fingerprint density at radius 2 is 1.95 bits per heavy atom. The van der Waals surface area contributed by atoms with Crippen molar-refractivity contribution in [1.29, 1.82) is 0 Å². The number of aliphatic imine (C=N–C) groups is 2. The smallest absolute Gasteiger partial charge is 0.138 e. The highest BCUT2D eigenvalue weighted by Crippen LogP contribution is 2.32. The second-order valence-corrected chi connectivity index (χ2v) is 5.34. The van der Waals surface area contributed by atoms with E-state index in [1.807, 2.05) is 18.2 Å². The van der Waals surface area contributed by atoms with Gasteiger partial charge in [-0.1, -0.05) is 34.1 Å². The zero-order valence-electron chi connectivity index (χ0n) is 11.0. The molecule has 0 saturated carbocycles. The second kappa shape index (κ2) is 5.75. The number of nitrogens with zero attached hydrogens (tertiary/aromatic N) is 2. The molecule has 1 aliphatic heterocycles. The first kappa shape index (κ1) is 13.9. The summed E-state index contributed by atoms with van der Waals surface area (Å²) in [4.78, 5) is 8.92. The third-order valence-electron chi connectivity index (χ3n) is 3.17. The number of hydrogen-bond donors (Lipinski definition) is 2. The monoisotopic (exact) mass is 346 g/mol. The maximum Gasteiger partial charge on any atom is 0.138 e. The van der Waals surface area contributed by atoms with Crippen LogP contribution in [0, 0.1) is 5.82 Å². The van der Waals surface area contributed by atoms with Crippen molar-refractivity contribution in [2.24, 2.45) is 15.8 Å². The number of halogens is 2. The van der Waals surface area contributed by atoms with E-state index in [9.17, 15) is 4.39 Å². The second-order valence-electron chi connectivity index (χ2n) is 4.48. The van der Waals surface area contributed by atoms with E-state index in [-0.39, 0.29) is 12.4 Å². The van der Waals surface area contributed by atoms with Gasteiger partial charge in [-0.2, -0.15) is 0 Å². The molecule has 0 fully saturated rings. The molecular weight excluding hydrogens is 335 g/mol. The molecule has 1 aliphatic rings. The van der Waals surface area contributed by atoms with Crippen LogP contribution in [0.2, 0.25) is 0 Å². The van der Waals surface area contributed by atoms with E-state index in [2.05, 4.69) is 31.3 Å². The van der Waals surface area contributed by atoms with Gasteiger partial charge in [0.15, 0.2) is 0 Å². The van der Waals surface area contributed by atoms with E-state index < -0.39 is 0 Å². The lowest BCUT2D eigenvalue weighted by molar-refractivity contribution is 0.625. The van der Waals surface area contributed by atoms with E-state index in [1.54, 1.807) is 18.2 Å². The molecule has 2 aromatic rings. The molecule has 0 amide bonds. The molecule has 0 atom stereocenters. The third-order valence-corrected chi connectivity index (χ3v) is 3.83. The van der Waals surface area contributed by atoms with Gasteiger partial charge in [0.1, 0.15) is 11.7 Å². The number of nitrogens with two attached hydrogens (primary N) is 1. The number of nitrogens with one attached hydrogen (secondary N) is 1. The normalized spacial score (nSPS) is 13.9. The average Bonchev–Trinajstić information content (AvgIpc) is 2.68. The Bertz CT molecular complexity index is 755. The van der Waals surface area contributed by atoms with Crippen molar-refractivity contribution in [3.63, 3.8) is 0 Å². The Kier molecular flexibility index (Phi) is 3.81. The van der Waals surface area contributed by atoms with Gasteiger partial charge in [0.25, 0.3) is 0 Å². The Balaban J connectivity index is 2.25. The Morgan fingerprint density at radius 1 is 1.14 bits per heavy atom. The summed E-state index contributed by atoms with van der Waals surface area (Å²) in [6, 6.07) is 12.2. The number of fused-ring (bicyclic) bond motifs is 1. The lowest BCUT2D eigenvalue weighted by atomic mass is 10.0. The molecule has 0 aromatic heterocycles. The van der Waals surface area contributed by atoms with Crippen LogP contribution in [0.4, 0.5) is 10.1 Å². The van der Waals surface area contributed by atoms with Crippen LogP contribution in [-0.4, -0.2) is 18.1 Å². The molecule has 2 aromatic carbocycles. The topological polar surface area (TPSA) is 62.8 Å². The molecule has 3 rings (SSSR count). The summed E-state index contributed by atoms with van der Waals surface area (Å²) < 4.78 is 14.9. The molecule has 3 N–H and O–H groups in total. The first-order chi connectivity index (χ1) is 10.2. The predicted molar refractivity (Wildman–Crippen MR) is 85.5 cm³/mol. The molecule has 21 heavy (non-hydrogen) atoms. The molecule has 0 unspecified atom stereocenters. The highest BCUT2D eigenvalue weighted by molar-refractivity contribution is 9.10. The molecule has 6 heteroatoms. The fourth-order valence-corrected chi connectivity index (χ4v) is 2.75. The maximum atomic E-state index is 14.1. The lowest BCUT2D eigenvalue weighted by Gasteiger charge is -2.11. The zero-order chi connectivity index (χ0) is 14.8. The van der Waals surface area contributed by atoms with Crippen molar-refractivity contribution >= 4 is 33.2 Å². The Morgan fingerprint density at radius 3 is 2.71 bits per heavy atom. The van der Waals surface area contributed by atoms with Gasteiger partial charge in [-0.05, 0) is 24.3 Å². The van der Waals surface area contributed by atoms with Crippen LogP contribution in [-0.2, 0) is 0 Å². The number of rotatable bonds is 1. The summed E-state index contributed by atoms with van der Waals surface area (Å²) in [5.74, 6) is 5.66. The van der Waals surface area contributed by atoms with Crippen LogP contribution in [0.15, 0.2) is 56.9 Å². The van der Waals surface area contributed by atoms with Gasteiger partial charge in [-0.15, -0.1) is 0 Å². The fraction of sp³-hybridized carbons (Fsp3) is 0.0667. The Hall–Kier alpha value is -2.05. The van der Waals surface area contributed by atoms with E-state index in [4.69, 9.17) is 5.84 Å². The molecule has 0 spiro atoms. The van der Waals surface area contributed by atoms with E-state index in [1.165, 1.54) is 6.07 Å². The minimum atomic E-state index is -0.317. The Labute approximate surface area is 129 Å². The molecular formula is C15H12BrFN4. The van der Waals surface area contributed by atoms with Crippen LogP contribution in [0.25, 0.3) is 0 Å². The van der Waals surface area contributed by atoms with Crippen LogP contribution < -0.4 is 11.3 Å². The first-order valence-electron chi connectivity index (χ1n) is 6.33. The van der Waals surface area contributed by atoms with Crippen LogP contribution >= 0.6 is 15.9 Å². The highest BCUT2D eigenvalue weighted by atomic mass is 79.9. The molecule has 0 saturated heterocycles. The van der Waals surface area contributed by atoms with E-state index in [0.717, 1.165) is 10.0 Å². The van der Waals surface area contributed by atoms with Gasteiger partial charge in [-0.25, -0.2) is 15.2 Å². The summed E-state index contributed by atoms with van der Waals surface area (Å²) in [5, 5.41) is 0. The largest absolute Gasteiger partial charge is 0.310 e. The summed E-state index contributed by atoms with van der Waals surface area (Å²) in [7, 11) is 0. The van der Waals surface area contributed by atoms with Gasteiger partial charge >= 0.3 is 0 Å². The van der Waals surface area contributed by atoms with Gasteiger partial charge in [0.2, 0.25) is 0 Å². The average molecular weight is 347 g/mol. The summed E-state index contributed by atoms with van der Waals surface area (Å²) in [5.41, 5.74) is 4.98. The van der Waals surface area contributed by atoms with E-state index in [0.29, 0.717) is 22.8 Å². The number of amidine groups is 1. The van der Waals surface area contributed by atoms with Crippen LogP contribution in [0.3, 0.4) is 0 Å². The molecule has 4 nitrogen and oxygen atoms in total. The molecule has 0 radical (unpaired) electrons. The molecule has 0 aliphatic carbocycles. The highest BCUT2D eigenvalue weighted by Gasteiger charge is 2.20. The van der Waals surface area contributed by atoms with Crippen molar-refractivity contribution < 1.29 is 4.39 Å². The fourth-order valence-electron chi connectivity index (χ4n) is 2.21. The summed E-state index contributed by atoms with van der Waals surface area (Å²) >= 11 is 3.50. The lowest BCUT2D eigenvalue weighted by Crippen LogP contribution is -2.32. The SMILES string of the molecule is NNC1=Nc2cccc(Br)c2C(c2ccccc2F)=NC1. The minimum absolute atomic E-state index is 0.265.